The van der Waals surface area contributed by atoms with E-state index < -0.39 is 18.0 Å². The highest BCUT2D eigenvalue weighted by atomic mass is 16.4. The highest BCUT2D eigenvalue weighted by molar-refractivity contribution is 5.82. The zero-order valence-corrected chi connectivity index (χ0v) is 13.1. The van der Waals surface area contributed by atoms with Crippen LogP contribution in [0.15, 0.2) is 42.9 Å². The molecule has 2 N–H and O–H groups in total. The number of carboxylic acid groups (broad SMARTS) is 1. The van der Waals surface area contributed by atoms with Crippen LogP contribution in [0.1, 0.15) is 11.3 Å². The Morgan fingerprint density at radius 1 is 1.35 bits per heavy atom. The van der Waals surface area contributed by atoms with E-state index >= 15 is 0 Å². The van der Waals surface area contributed by atoms with Crippen LogP contribution in [0.4, 0.5) is 4.79 Å². The van der Waals surface area contributed by atoms with E-state index in [4.69, 9.17) is 0 Å². The minimum atomic E-state index is -1.09. The molecule has 1 aromatic carbocycles. The average Bonchev–Trinajstić information content (AvgIpc) is 2.92. The smallest absolute Gasteiger partial charge is 0.326 e. The average molecular weight is 316 g/mol. The lowest BCUT2D eigenvalue weighted by atomic mass is 10.1. The van der Waals surface area contributed by atoms with Crippen LogP contribution in [-0.2, 0) is 24.8 Å². The van der Waals surface area contributed by atoms with E-state index in [1.165, 1.54) is 4.90 Å². The van der Waals surface area contributed by atoms with Crippen LogP contribution >= 0.6 is 0 Å². The molecule has 0 fully saturated rings. The van der Waals surface area contributed by atoms with Crippen molar-refractivity contribution in [3.8, 4) is 0 Å². The molecule has 0 bridgehead atoms. The number of hydrogen-bond acceptors (Lipinski definition) is 3. The van der Waals surface area contributed by atoms with Crippen molar-refractivity contribution in [2.75, 3.05) is 7.05 Å². The molecule has 1 aromatic heterocycles. The van der Waals surface area contributed by atoms with Gasteiger partial charge in [0.2, 0.25) is 0 Å². The van der Waals surface area contributed by atoms with Gasteiger partial charge in [0, 0.05) is 33.3 Å². The number of rotatable bonds is 6. The Hall–Kier alpha value is -2.83. The molecule has 0 aliphatic carbocycles. The minimum absolute atomic E-state index is 0.140. The van der Waals surface area contributed by atoms with Crippen LogP contribution in [0.3, 0.4) is 0 Å². The summed E-state index contributed by atoms with van der Waals surface area (Å²) in [4.78, 5) is 29.1. The Balaban J connectivity index is 1.95. The minimum Gasteiger partial charge on any atom is -0.480 e. The van der Waals surface area contributed by atoms with E-state index in [1.807, 2.05) is 30.3 Å². The quantitative estimate of drug-likeness (QED) is 0.840. The van der Waals surface area contributed by atoms with Gasteiger partial charge in [-0.2, -0.15) is 0 Å². The van der Waals surface area contributed by atoms with Gasteiger partial charge in [-0.25, -0.2) is 14.6 Å². The predicted molar refractivity (Wildman–Crippen MR) is 84.8 cm³/mol. The van der Waals surface area contributed by atoms with E-state index in [9.17, 15) is 14.7 Å². The van der Waals surface area contributed by atoms with Gasteiger partial charge in [-0.05, 0) is 5.56 Å². The van der Waals surface area contributed by atoms with Crippen LogP contribution in [0.25, 0.3) is 0 Å². The summed E-state index contributed by atoms with van der Waals surface area (Å²) in [5, 5.41) is 11.8. The maximum absolute atomic E-state index is 12.2. The van der Waals surface area contributed by atoms with Crippen molar-refractivity contribution in [3.05, 3.63) is 54.1 Å². The van der Waals surface area contributed by atoms with Crippen molar-refractivity contribution in [1.29, 1.82) is 0 Å². The number of urea groups is 1. The lowest BCUT2D eigenvalue weighted by Gasteiger charge is -2.21. The van der Waals surface area contributed by atoms with Gasteiger partial charge in [0.05, 0.1) is 12.0 Å². The SMILES string of the molecule is CN(Cc1ccccc1)C(=O)NC(Cc1cn(C)cn1)C(=O)O. The first-order valence-corrected chi connectivity index (χ1v) is 7.21. The first-order valence-electron chi connectivity index (χ1n) is 7.21. The third-order valence-corrected chi connectivity index (χ3v) is 3.38. The Bertz CT molecular complexity index is 669. The van der Waals surface area contributed by atoms with Crippen molar-refractivity contribution in [3.63, 3.8) is 0 Å². The number of nitrogens with one attached hydrogen (secondary N) is 1. The third kappa shape index (κ3) is 4.84. The van der Waals surface area contributed by atoms with Crippen molar-refractivity contribution in [2.45, 2.75) is 19.0 Å². The number of aliphatic carboxylic acids is 1. The monoisotopic (exact) mass is 316 g/mol. The molecule has 122 valence electrons. The first-order chi connectivity index (χ1) is 11.0. The summed E-state index contributed by atoms with van der Waals surface area (Å²) < 4.78 is 1.73. The van der Waals surface area contributed by atoms with Crippen LogP contribution in [0.5, 0.6) is 0 Å². The Morgan fingerprint density at radius 3 is 2.61 bits per heavy atom. The van der Waals surface area contributed by atoms with Crippen LogP contribution in [-0.4, -0.2) is 44.6 Å². The van der Waals surface area contributed by atoms with Crippen molar-refractivity contribution in [1.82, 2.24) is 19.8 Å². The molecule has 7 nitrogen and oxygen atoms in total. The number of amides is 2. The molecular formula is C16H20N4O3. The third-order valence-electron chi connectivity index (χ3n) is 3.38. The molecule has 2 amide bonds. The van der Waals surface area contributed by atoms with Gasteiger partial charge in [-0.15, -0.1) is 0 Å². The number of carbonyl (C=O) groups is 2. The Kier molecular flexibility index (Phi) is 5.35. The highest BCUT2D eigenvalue weighted by Crippen LogP contribution is 2.05. The van der Waals surface area contributed by atoms with Gasteiger partial charge in [0.1, 0.15) is 6.04 Å². The fourth-order valence-electron chi connectivity index (χ4n) is 2.17. The molecule has 0 saturated heterocycles. The molecule has 1 atom stereocenters. The van der Waals surface area contributed by atoms with Gasteiger partial charge < -0.3 is 19.9 Å². The number of aromatic nitrogens is 2. The maximum Gasteiger partial charge on any atom is 0.326 e. The van der Waals surface area contributed by atoms with E-state index in [2.05, 4.69) is 10.3 Å². The van der Waals surface area contributed by atoms with Crippen LogP contribution < -0.4 is 5.32 Å². The molecule has 1 unspecified atom stereocenters. The lowest BCUT2D eigenvalue weighted by molar-refractivity contribution is -0.139. The summed E-state index contributed by atoms with van der Waals surface area (Å²) >= 11 is 0. The number of carboxylic acids is 1. The number of carbonyl (C=O) groups excluding carboxylic acids is 1. The van der Waals surface area contributed by atoms with Gasteiger partial charge in [0.25, 0.3) is 0 Å². The van der Waals surface area contributed by atoms with Crippen molar-refractivity contribution in [2.24, 2.45) is 7.05 Å². The summed E-state index contributed by atoms with van der Waals surface area (Å²) in [6, 6.07) is 8.05. The number of hydrogen-bond donors (Lipinski definition) is 2. The molecule has 2 aromatic rings. The lowest BCUT2D eigenvalue weighted by Crippen LogP contribution is -2.47. The summed E-state index contributed by atoms with van der Waals surface area (Å²) in [6.07, 6.45) is 3.47. The number of nitrogens with zero attached hydrogens (tertiary/aromatic N) is 3. The second kappa shape index (κ2) is 7.44. The topological polar surface area (TPSA) is 87.5 Å². The van der Waals surface area contributed by atoms with E-state index in [0.29, 0.717) is 12.2 Å². The number of imidazole rings is 1. The number of aryl methyl sites for hydroxylation is 1. The molecule has 0 aliphatic heterocycles. The second-order valence-corrected chi connectivity index (χ2v) is 5.42. The zero-order valence-electron chi connectivity index (χ0n) is 13.1. The molecule has 23 heavy (non-hydrogen) atoms. The van der Waals surface area contributed by atoms with Gasteiger partial charge in [-0.3, -0.25) is 0 Å². The largest absolute Gasteiger partial charge is 0.480 e. The Morgan fingerprint density at radius 2 is 2.04 bits per heavy atom. The van der Waals surface area contributed by atoms with Crippen molar-refractivity contribution < 1.29 is 14.7 Å². The van der Waals surface area contributed by atoms with Gasteiger partial charge in [-0.1, -0.05) is 30.3 Å². The predicted octanol–water partition coefficient (Wildman–Crippen LogP) is 1.26. The molecule has 0 aliphatic rings. The van der Waals surface area contributed by atoms with E-state index in [0.717, 1.165) is 5.56 Å². The number of benzene rings is 1. The standard InChI is InChI=1S/C16H20N4O3/c1-19-10-13(17-11-19)8-14(15(21)22)18-16(23)20(2)9-12-6-4-3-5-7-12/h3-7,10-11,14H,8-9H2,1-2H3,(H,18,23)(H,21,22). The highest BCUT2D eigenvalue weighted by Gasteiger charge is 2.23. The summed E-state index contributed by atoms with van der Waals surface area (Å²) in [7, 11) is 3.43. The molecule has 7 heteroatoms. The molecule has 0 radical (unpaired) electrons. The Labute approximate surface area is 134 Å². The molecule has 2 rings (SSSR count). The van der Waals surface area contributed by atoms with Crippen LogP contribution in [0.2, 0.25) is 0 Å². The summed E-state index contributed by atoms with van der Waals surface area (Å²) in [6.45, 7) is 0.405. The van der Waals surface area contributed by atoms with Crippen LogP contribution in [0, 0.1) is 0 Å². The molecule has 1 heterocycles. The second-order valence-electron chi connectivity index (χ2n) is 5.42. The van der Waals surface area contributed by atoms with Crippen molar-refractivity contribution >= 4 is 12.0 Å². The molecule has 0 spiro atoms. The molecular weight excluding hydrogens is 296 g/mol. The van der Waals surface area contributed by atoms with Gasteiger partial charge >= 0.3 is 12.0 Å². The fraction of sp³-hybridized carbons (Fsp3) is 0.312. The summed E-state index contributed by atoms with van der Waals surface area (Å²) in [5.41, 5.74) is 1.59. The maximum atomic E-state index is 12.2. The fourth-order valence-corrected chi connectivity index (χ4v) is 2.17. The summed E-state index contributed by atoms with van der Waals surface area (Å²) in [5.74, 6) is -1.09. The van der Waals surface area contributed by atoms with Gasteiger partial charge in [0.15, 0.2) is 0 Å². The normalized spacial score (nSPS) is 11.7. The molecule has 0 saturated carbocycles. The first kappa shape index (κ1) is 16.5. The van der Waals surface area contributed by atoms with E-state index in [-0.39, 0.29) is 6.42 Å². The zero-order chi connectivity index (χ0) is 16.8. The van der Waals surface area contributed by atoms with E-state index in [1.54, 1.807) is 31.2 Å².